The van der Waals surface area contributed by atoms with Crippen LogP contribution in [0.25, 0.3) is 33.3 Å². The minimum atomic E-state index is -0.0833. The van der Waals surface area contributed by atoms with Gasteiger partial charge in [-0.15, -0.1) is 0 Å². The fourth-order valence-electron chi connectivity index (χ4n) is 4.76. The summed E-state index contributed by atoms with van der Waals surface area (Å²) in [5.41, 5.74) is 5.21. The summed E-state index contributed by atoms with van der Waals surface area (Å²) in [4.78, 5) is 30.1. The number of ether oxygens (including phenoxy) is 1. The molecular weight excluding hydrogens is 418 g/mol. The van der Waals surface area contributed by atoms with Gasteiger partial charge in [-0.25, -0.2) is 4.98 Å². The summed E-state index contributed by atoms with van der Waals surface area (Å²) in [6.07, 6.45) is 1.36. The normalized spacial score (nSPS) is 18.1. The van der Waals surface area contributed by atoms with E-state index in [0.717, 1.165) is 51.1 Å². The van der Waals surface area contributed by atoms with Gasteiger partial charge in [0.15, 0.2) is 5.58 Å². The van der Waals surface area contributed by atoms with Gasteiger partial charge in [0, 0.05) is 29.6 Å². The van der Waals surface area contributed by atoms with Gasteiger partial charge in [-0.05, 0) is 37.6 Å². The first-order chi connectivity index (χ1) is 16.1. The standard InChI is InChI=1S/C26H25N3O4/c1-16-10-18(14-29(16)24(31)13-27-15-30)20-12-22(17-6-4-3-5-7-17)28-25-21-11-19(32-2)8-9-23(21)33-26(20)25/h3-9,11-12,15-16,18H,10,13-14H2,1-2H3,(H,27,30). The van der Waals surface area contributed by atoms with Crippen molar-refractivity contribution in [3.8, 4) is 17.0 Å². The number of methoxy groups -OCH3 is 1. The molecule has 2 aromatic heterocycles. The maximum absolute atomic E-state index is 12.6. The number of hydrogen-bond donors (Lipinski definition) is 1. The molecule has 4 aromatic rings. The number of rotatable bonds is 6. The lowest BCUT2D eigenvalue weighted by Gasteiger charge is -2.21. The first-order valence-electron chi connectivity index (χ1n) is 11.0. The molecule has 2 atom stereocenters. The minimum absolute atomic E-state index is 0.00597. The molecule has 1 aliphatic heterocycles. The van der Waals surface area contributed by atoms with Gasteiger partial charge in [0.1, 0.15) is 16.8 Å². The average Bonchev–Trinajstić information content (AvgIpc) is 3.42. The third-order valence-electron chi connectivity index (χ3n) is 6.40. The van der Waals surface area contributed by atoms with Crippen molar-refractivity contribution in [1.29, 1.82) is 0 Å². The molecule has 0 saturated carbocycles. The van der Waals surface area contributed by atoms with Gasteiger partial charge in [0.2, 0.25) is 12.3 Å². The number of nitrogens with one attached hydrogen (secondary N) is 1. The molecule has 7 heteroatoms. The van der Waals surface area contributed by atoms with Crippen molar-refractivity contribution in [1.82, 2.24) is 15.2 Å². The van der Waals surface area contributed by atoms with E-state index in [1.807, 2.05) is 60.4 Å². The predicted octanol–water partition coefficient (Wildman–Crippen LogP) is 4.11. The molecule has 2 aromatic carbocycles. The summed E-state index contributed by atoms with van der Waals surface area (Å²) < 4.78 is 11.7. The quantitative estimate of drug-likeness (QED) is 0.454. The largest absolute Gasteiger partial charge is 0.497 e. The Balaban J connectivity index is 1.64. The second-order valence-corrected chi connectivity index (χ2v) is 8.43. The molecule has 1 saturated heterocycles. The summed E-state index contributed by atoms with van der Waals surface area (Å²) in [5.74, 6) is 0.753. The van der Waals surface area contributed by atoms with Gasteiger partial charge in [-0.3, -0.25) is 9.59 Å². The Morgan fingerprint density at radius 2 is 2.06 bits per heavy atom. The molecule has 3 heterocycles. The predicted molar refractivity (Wildman–Crippen MR) is 126 cm³/mol. The number of carbonyl (C=O) groups excluding carboxylic acids is 2. The maximum atomic E-state index is 12.6. The second kappa shape index (κ2) is 8.58. The zero-order valence-corrected chi connectivity index (χ0v) is 18.6. The van der Waals surface area contributed by atoms with Gasteiger partial charge in [0.25, 0.3) is 0 Å². The number of fused-ring (bicyclic) bond motifs is 3. The van der Waals surface area contributed by atoms with Crippen LogP contribution < -0.4 is 10.1 Å². The number of nitrogens with zero attached hydrogens (tertiary/aromatic N) is 2. The number of carbonyl (C=O) groups is 2. The summed E-state index contributed by atoms with van der Waals surface area (Å²) >= 11 is 0. The monoisotopic (exact) mass is 443 g/mol. The highest BCUT2D eigenvalue weighted by molar-refractivity contribution is 6.05. The van der Waals surface area contributed by atoms with Gasteiger partial charge in [0.05, 0.1) is 24.7 Å². The highest BCUT2D eigenvalue weighted by Crippen LogP contribution is 2.41. The van der Waals surface area contributed by atoms with Crippen LogP contribution in [0.4, 0.5) is 0 Å². The van der Waals surface area contributed by atoms with Crippen LogP contribution in [0.3, 0.4) is 0 Å². The van der Waals surface area contributed by atoms with Crippen LogP contribution in [0.5, 0.6) is 5.75 Å². The van der Waals surface area contributed by atoms with Crippen molar-refractivity contribution < 1.29 is 18.7 Å². The second-order valence-electron chi connectivity index (χ2n) is 8.43. The summed E-state index contributed by atoms with van der Waals surface area (Å²) in [7, 11) is 1.64. The molecular formula is C26H25N3O4. The molecule has 1 N–H and O–H groups in total. The van der Waals surface area contributed by atoms with Crippen molar-refractivity contribution >= 4 is 34.4 Å². The molecule has 33 heavy (non-hydrogen) atoms. The Bertz CT molecular complexity index is 1330. The molecule has 5 rings (SSSR count). The van der Waals surface area contributed by atoms with Crippen molar-refractivity contribution in [3.63, 3.8) is 0 Å². The van der Waals surface area contributed by atoms with Crippen LogP contribution in [0.2, 0.25) is 0 Å². The maximum Gasteiger partial charge on any atom is 0.242 e. The van der Waals surface area contributed by atoms with Crippen molar-refractivity contribution in [2.75, 3.05) is 20.2 Å². The summed E-state index contributed by atoms with van der Waals surface area (Å²) in [5, 5.41) is 3.38. The zero-order chi connectivity index (χ0) is 22.9. The van der Waals surface area contributed by atoms with Gasteiger partial charge in [-0.2, -0.15) is 0 Å². The molecule has 2 amide bonds. The summed E-state index contributed by atoms with van der Waals surface area (Å²) in [6.45, 7) is 2.61. The molecule has 168 valence electrons. The average molecular weight is 444 g/mol. The molecule has 1 fully saturated rings. The molecule has 0 aliphatic carbocycles. The lowest BCUT2D eigenvalue weighted by atomic mass is 9.94. The van der Waals surface area contributed by atoms with E-state index in [9.17, 15) is 9.59 Å². The smallest absolute Gasteiger partial charge is 0.242 e. The first-order valence-corrected chi connectivity index (χ1v) is 11.0. The van der Waals surface area contributed by atoms with Gasteiger partial charge >= 0.3 is 0 Å². The highest BCUT2D eigenvalue weighted by atomic mass is 16.5. The molecule has 0 spiro atoms. The van der Waals surface area contributed by atoms with E-state index in [-0.39, 0.29) is 24.4 Å². The zero-order valence-electron chi connectivity index (χ0n) is 18.6. The van der Waals surface area contributed by atoms with E-state index >= 15 is 0 Å². The van der Waals surface area contributed by atoms with E-state index in [1.165, 1.54) is 0 Å². The number of aromatic nitrogens is 1. The fourth-order valence-corrected chi connectivity index (χ4v) is 4.76. The van der Waals surface area contributed by atoms with E-state index in [0.29, 0.717) is 13.0 Å². The van der Waals surface area contributed by atoms with Gasteiger partial charge in [-0.1, -0.05) is 30.3 Å². The minimum Gasteiger partial charge on any atom is -0.497 e. The molecule has 2 unspecified atom stereocenters. The number of amides is 2. The van der Waals surface area contributed by atoms with Crippen LogP contribution in [-0.2, 0) is 9.59 Å². The summed E-state index contributed by atoms with van der Waals surface area (Å²) in [6, 6.07) is 17.9. The lowest BCUT2D eigenvalue weighted by Crippen LogP contribution is -2.39. The third-order valence-corrected chi connectivity index (χ3v) is 6.40. The third kappa shape index (κ3) is 3.80. The van der Waals surface area contributed by atoms with Crippen molar-refractivity contribution in [2.45, 2.75) is 25.3 Å². The lowest BCUT2D eigenvalue weighted by molar-refractivity contribution is -0.131. The van der Waals surface area contributed by atoms with E-state index < -0.39 is 0 Å². The van der Waals surface area contributed by atoms with Crippen molar-refractivity contribution in [2.24, 2.45) is 0 Å². The Hall–Kier alpha value is -3.87. The van der Waals surface area contributed by atoms with Crippen LogP contribution in [-0.4, -0.2) is 48.4 Å². The first kappa shape index (κ1) is 21.0. The van der Waals surface area contributed by atoms with E-state index in [1.54, 1.807) is 7.11 Å². The van der Waals surface area contributed by atoms with Crippen LogP contribution in [0.15, 0.2) is 59.0 Å². The SMILES string of the molecule is COc1ccc2oc3c(C4CC(C)N(C(=O)CNC=O)C4)cc(-c4ccccc4)nc3c2c1. The van der Waals surface area contributed by atoms with Crippen LogP contribution >= 0.6 is 0 Å². The number of likely N-dealkylation sites (tertiary alicyclic amines) is 1. The van der Waals surface area contributed by atoms with Crippen LogP contribution in [0.1, 0.15) is 24.8 Å². The number of hydrogen-bond acceptors (Lipinski definition) is 5. The molecule has 1 aliphatic rings. The number of benzene rings is 2. The fraction of sp³-hybridized carbons (Fsp3) is 0.269. The van der Waals surface area contributed by atoms with E-state index in [4.69, 9.17) is 14.1 Å². The number of furan rings is 1. The van der Waals surface area contributed by atoms with Crippen LogP contribution in [0, 0.1) is 0 Å². The Kier molecular flexibility index (Phi) is 5.46. The Morgan fingerprint density at radius 3 is 2.82 bits per heavy atom. The molecule has 0 bridgehead atoms. The van der Waals surface area contributed by atoms with E-state index in [2.05, 4.69) is 11.4 Å². The number of pyridine rings is 1. The Labute approximate surface area is 191 Å². The Morgan fingerprint density at radius 1 is 1.24 bits per heavy atom. The highest BCUT2D eigenvalue weighted by Gasteiger charge is 2.35. The topological polar surface area (TPSA) is 84.7 Å². The molecule has 0 radical (unpaired) electrons. The molecule has 7 nitrogen and oxygen atoms in total. The van der Waals surface area contributed by atoms with Crippen molar-refractivity contribution in [3.05, 3.63) is 60.2 Å². The van der Waals surface area contributed by atoms with Gasteiger partial charge < -0.3 is 19.4 Å².